The van der Waals surface area contributed by atoms with Crippen molar-refractivity contribution >= 4 is 11.6 Å². The highest BCUT2D eigenvalue weighted by Gasteiger charge is 2.23. The summed E-state index contributed by atoms with van der Waals surface area (Å²) in [6, 6.07) is 8.26. The van der Waals surface area contributed by atoms with Gasteiger partial charge in [-0.15, -0.1) is 0 Å². The Bertz CT molecular complexity index is 420. The Balaban J connectivity index is 1.97. The second-order valence-electron chi connectivity index (χ2n) is 4.69. The Kier molecular flexibility index (Phi) is 4.33. The number of hydrogen-bond acceptors (Lipinski definition) is 3. The molecule has 0 aromatic heterocycles. The number of anilines is 1. The number of benzene rings is 1. The second kappa shape index (κ2) is 5.98. The van der Waals surface area contributed by atoms with Gasteiger partial charge in [-0.2, -0.15) is 0 Å². The lowest BCUT2D eigenvalue weighted by molar-refractivity contribution is -0.114. The van der Waals surface area contributed by atoms with E-state index in [0.717, 1.165) is 30.8 Å². The van der Waals surface area contributed by atoms with Crippen LogP contribution in [-0.2, 0) is 16.1 Å². The molecule has 2 unspecified atom stereocenters. The minimum Gasteiger partial charge on any atom is -0.377 e. The molecule has 1 saturated heterocycles. The fraction of sp³-hybridized carbons (Fsp3) is 0.500. The van der Waals surface area contributed by atoms with Gasteiger partial charge in [0, 0.05) is 31.8 Å². The number of amides is 1. The van der Waals surface area contributed by atoms with Crippen LogP contribution in [0.1, 0.15) is 25.8 Å². The van der Waals surface area contributed by atoms with Crippen LogP contribution >= 0.6 is 0 Å². The van der Waals surface area contributed by atoms with Gasteiger partial charge in [-0.1, -0.05) is 18.2 Å². The normalized spacial score (nSPS) is 23.0. The molecule has 1 aromatic rings. The van der Waals surface area contributed by atoms with Gasteiger partial charge in [-0.25, -0.2) is 0 Å². The van der Waals surface area contributed by atoms with E-state index in [9.17, 15) is 4.79 Å². The molecule has 18 heavy (non-hydrogen) atoms. The zero-order chi connectivity index (χ0) is 13.0. The fourth-order valence-electron chi connectivity index (χ4n) is 2.23. The maximum atomic E-state index is 11.1. The maximum absolute atomic E-state index is 11.1. The Morgan fingerprint density at radius 3 is 2.89 bits per heavy atom. The average Bonchev–Trinajstić information content (AvgIpc) is 2.73. The van der Waals surface area contributed by atoms with Gasteiger partial charge >= 0.3 is 0 Å². The standard InChI is InChI=1S/C14H20N2O2/c1-10-13(7-8-18-10)15-9-12-5-3-4-6-14(12)16-11(2)17/h3-6,10,13,15H,7-9H2,1-2H3,(H,16,17). The first kappa shape index (κ1) is 13.1. The second-order valence-corrected chi connectivity index (χ2v) is 4.69. The van der Waals surface area contributed by atoms with Crippen molar-refractivity contribution < 1.29 is 9.53 Å². The Labute approximate surface area is 108 Å². The van der Waals surface area contributed by atoms with Crippen molar-refractivity contribution in [1.29, 1.82) is 0 Å². The highest BCUT2D eigenvalue weighted by molar-refractivity contribution is 5.89. The van der Waals surface area contributed by atoms with E-state index < -0.39 is 0 Å². The zero-order valence-electron chi connectivity index (χ0n) is 10.9. The van der Waals surface area contributed by atoms with Gasteiger partial charge in [-0.05, 0) is 25.0 Å². The number of nitrogens with one attached hydrogen (secondary N) is 2. The molecule has 1 fully saturated rings. The summed E-state index contributed by atoms with van der Waals surface area (Å²) in [6.07, 6.45) is 1.31. The molecule has 2 rings (SSSR count). The van der Waals surface area contributed by atoms with E-state index in [1.807, 2.05) is 24.3 Å². The van der Waals surface area contributed by atoms with Gasteiger partial charge < -0.3 is 15.4 Å². The molecule has 0 aliphatic carbocycles. The molecule has 1 aliphatic heterocycles. The molecular formula is C14H20N2O2. The molecule has 1 heterocycles. The van der Waals surface area contributed by atoms with E-state index in [1.54, 1.807) is 0 Å². The number of carbonyl (C=O) groups is 1. The number of para-hydroxylation sites is 1. The van der Waals surface area contributed by atoms with Gasteiger partial charge in [0.2, 0.25) is 5.91 Å². The van der Waals surface area contributed by atoms with Crippen LogP contribution in [0.15, 0.2) is 24.3 Å². The van der Waals surface area contributed by atoms with Gasteiger partial charge in [0.15, 0.2) is 0 Å². The van der Waals surface area contributed by atoms with Gasteiger partial charge in [0.1, 0.15) is 0 Å². The van der Waals surface area contributed by atoms with Gasteiger partial charge in [0.25, 0.3) is 0 Å². The third kappa shape index (κ3) is 3.31. The molecule has 1 aromatic carbocycles. The molecular weight excluding hydrogens is 228 g/mol. The summed E-state index contributed by atoms with van der Waals surface area (Å²) in [5, 5.41) is 6.33. The van der Waals surface area contributed by atoms with Crippen molar-refractivity contribution in [3.05, 3.63) is 29.8 Å². The largest absolute Gasteiger partial charge is 0.377 e. The van der Waals surface area contributed by atoms with Crippen molar-refractivity contribution in [3.63, 3.8) is 0 Å². The molecule has 4 nitrogen and oxygen atoms in total. The molecule has 2 N–H and O–H groups in total. The van der Waals surface area contributed by atoms with E-state index in [0.29, 0.717) is 6.04 Å². The SMILES string of the molecule is CC(=O)Nc1ccccc1CNC1CCOC1C. The van der Waals surface area contributed by atoms with Crippen LogP contribution in [0.5, 0.6) is 0 Å². The van der Waals surface area contributed by atoms with Crippen LogP contribution in [0.4, 0.5) is 5.69 Å². The van der Waals surface area contributed by atoms with Crippen LogP contribution in [0.2, 0.25) is 0 Å². The number of rotatable bonds is 4. The van der Waals surface area contributed by atoms with Gasteiger partial charge in [-0.3, -0.25) is 4.79 Å². The topological polar surface area (TPSA) is 50.4 Å². The van der Waals surface area contributed by atoms with E-state index in [4.69, 9.17) is 4.74 Å². The van der Waals surface area contributed by atoms with E-state index in [1.165, 1.54) is 6.92 Å². The first-order valence-electron chi connectivity index (χ1n) is 6.37. The highest BCUT2D eigenvalue weighted by atomic mass is 16.5. The van der Waals surface area contributed by atoms with Crippen molar-refractivity contribution in [2.75, 3.05) is 11.9 Å². The summed E-state index contributed by atoms with van der Waals surface area (Å²) in [6.45, 7) is 5.18. The lowest BCUT2D eigenvalue weighted by atomic mass is 10.1. The fourth-order valence-corrected chi connectivity index (χ4v) is 2.23. The quantitative estimate of drug-likeness (QED) is 0.855. The molecule has 0 radical (unpaired) electrons. The summed E-state index contributed by atoms with van der Waals surface area (Å²) in [5.41, 5.74) is 1.98. The monoisotopic (exact) mass is 248 g/mol. The van der Waals surface area contributed by atoms with Gasteiger partial charge in [0.05, 0.1) is 6.10 Å². The summed E-state index contributed by atoms with van der Waals surface area (Å²) in [7, 11) is 0. The average molecular weight is 248 g/mol. The van der Waals surface area contributed by atoms with Crippen LogP contribution in [0.25, 0.3) is 0 Å². The van der Waals surface area contributed by atoms with E-state index in [2.05, 4.69) is 17.6 Å². The number of carbonyl (C=O) groups excluding carboxylic acids is 1. The Hall–Kier alpha value is -1.39. The predicted octanol–water partition coefficient (Wildman–Crippen LogP) is 1.91. The predicted molar refractivity (Wildman–Crippen MR) is 71.4 cm³/mol. The summed E-state index contributed by atoms with van der Waals surface area (Å²) < 4.78 is 5.52. The van der Waals surface area contributed by atoms with Crippen LogP contribution in [0, 0.1) is 0 Å². The molecule has 4 heteroatoms. The van der Waals surface area contributed by atoms with Crippen molar-refractivity contribution in [2.24, 2.45) is 0 Å². The lowest BCUT2D eigenvalue weighted by Crippen LogP contribution is -2.34. The smallest absolute Gasteiger partial charge is 0.221 e. The number of ether oxygens (including phenoxy) is 1. The number of hydrogen-bond donors (Lipinski definition) is 2. The molecule has 0 bridgehead atoms. The first-order chi connectivity index (χ1) is 8.66. The minimum atomic E-state index is -0.0417. The van der Waals surface area contributed by atoms with Crippen molar-refractivity contribution in [2.45, 2.75) is 39.0 Å². The summed E-state index contributed by atoms with van der Waals surface area (Å²) >= 11 is 0. The van der Waals surface area contributed by atoms with Crippen LogP contribution in [-0.4, -0.2) is 24.7 Å². The Morgan fingerprint density at radius 2 is 2.22 bits per heavy atom. The van der Waals surface area contributed by atoms with Crippen LogP contribution < -0.4 is 10.6 Å². The zero-order valence-corrected chi connectivity index (χ0v) is 10.9. The minimum absolute atomic E-state index is 0.0417. The highest BCUT2D eigenvalue weighted by Crippen LogP contribution is 2.17. The Morgan fingerprint density at radius 1 is 1.44 bits per heavy atom. The molecule has 1 aliphatic rings. The van der Waals surface area contributed by atoms with E-state index in [-0.39, 0.29) is 12.0 Å². The molecule has 2 atom stereocenters. The van der Waals surface area contributed by atoms with Crippen LogP contribution in [0.3, 0.4) is 0 Å². The van der Waals surface area contributed by atoms with Crippen molar-refractivity contribution in [1.82, 2.24) is 5.32 Å². The molecule has 98 valence electrons. The third-order valence-corrected chi connectivity index (χ3v) is 3.26. The molecule has 0 saturated carbocycles. The first-order valence-corrected chi connectivity index (χ1v) is 6.37. The van der Waals surface area contributed by atoms with E-state index >= 15 is 0 Å². The third-order valence-electron chi connectivity index (χ3n) is 3.26. The molecule has 1 amide bonds. The summed E-state index contributed by atoms with van der Waals surface area (Å²) in [4.78, 5) is 11.1. The maximum Gasteiger partial charge on any atom is 0.221 e. The molecule has 0 spiro atoms. The van der Waals surface area contributed by atoms with Crippen molar-refractivity contribution in [3.8, 4) is 0 Å². The lowest BCUT2D eigenvalue weighted by Gasteiger charge is -2.17. The summed E-state index contributed by atoms with van der Waals surface area (Å²) in [5.74, 6) is -0.0417.